The molecule has 1 aliphatic carbocycles. The van der Waals surface area contributed by atoms with Crippen LogP contribution in [0, 0.1) is 6.92 Å². The number of hydrogen-bond acceptors (Lipinski definition) is 7. The molecular formula is C24H26N8OS. The Hall–Kier alpha value is -3.79. The predicted molar refractivity (Wildman–Crippen MR) is 134 cm³/mol. The van der Waals surface area contributed by atoms with Gasteiger partial charge in [-0.25, -0.2) is 9.67 Å². The fourth-order valence-corrected chi connectivity index (χ4v) is 4.99. The third-order valence-corrected chi connectivity index (χ3v) is 7.15. The van der Waals surface area contributed by atoms with Crippen LogP contribution in [0.1, 0.15) is 46.1 Å². The van der Waals surface area contributed by atoms with Gasteiger partial charge < -0.3 is 11.1 Å². The lowest BCUT2D eigenvalue weighted by atomic mass is 9.83. The number of imidazole rings is 1. The Labute approximate surface area is 201 Å². The number of aryl methyl sites for hydroxylation is 1. The molecule has 1 saturated carbocycles. The SMILES string of the molecule is CN=CC(=CN)CNC(=O)c1cc(-n2nncc2C2CCC2)c2ncc(-c3ccc(C)s3)n2c1. The summed E-state index contributed by atoms with van der Waals surface area (Å²) in [5, 5.41) is 11.5. The van der Waals surface area contributed by atoms with Crippen LogP contribution in [0.5, 0.6) is 0 Å². The van der Waals surface area contributed by atoms with Crippen molar-refractivity contribution in [3.8, 4) is 16.3 Å². The zero-order valence-electron chi connectivity index (χ0n) is 19.1. The second kappa shape index (κ2) is 9.22. The summed E-state index contributed by atoms with van der Waals surface area (Å²) in [7, 11) is 1.66. The van der Waals surface area contributed by atoms with E-state index in [-0.39, 0.29) is 12.5 Å². The fourth-order valence-electron chi connectivity index (χ4n) is 4.11. The highest BCUT2D eigenvalue weighted by Crippen LogP contribution is 2.37. The number of pyridine rings is 1. The lowest BCUT2D eigenvalue weighted by molar-refractivity contribution is 0.0957. The van der Waals surface area contributed by atoms with Gasteiger partial charge in [-0.05, 0) is 38.0 Å². The number of rotatable bonds is 7. The largest absolute Gasteiger partial charge is 0.404 e. The molecule has 1 aliphatic rings. The van der Waals surface area contributed by atoms with Crippen LogP contribution < -0.4 is 11.1 Å². The molecule has 0 spiro atoms. The molecule has 1 amide bonds. The average molecular weight is 475 g/mol. The summed E-state index contributed by atoms with van der Waals surface area (Å²) in [6.45, 7) is 2.35. The number of nitrogens with two attached hydrogens (primary N) is 1. The van der Waals surface area contributed by atoms with Crippen LogP contribution in [-0.2, 0) is 0 Å². The second-order valence-electron chi connectivity index (χ2n) is 8.37. The topological polar surface area (TPSA) is 115 Å². The van der Waals surface area contributed by atoms with Crippen molar-refractivity contribution in [3.05, 3.63) is 64.7 Å². The van der Waals surface area contributed by atoms with Crippen molar-refractivity contribution < 1.29 is 4.79 Å². The third-order valence-electron chi connectivity index (χ3n) is 6.13. The zero-order valence-corrected chi connectivity index (χ0v) is 19.9. The van der Waals surface area contributed by atoms with Gasteiger partial charge in [0.15, 0.2) is 5.65 Å². The molecule has 34 heavy (non-hydrogen) atoms. The predicted octanol–water partition coefficient (Wildman–Crippen LogP) is 3.49. The highest BCUT2D eigenvalue weighted by atomic mass is 32.1. The van der Waals surface area contributed by atoms with Gasteiger partial charge in [0.1, 0.15) is 5.69 Å². The lowest BCUT2D eigenvalue weighted by Crippen LogP contribution is -2.27. The van der Waals surface area contributed by atoms with Gasteiger partial charge in [-0.15, -0.1) is 16.4 Å². The number of hydrogen-bond donors (Lipinski definition) is 2. The van der Waals surface area contributed by atoms with Crippen molar-refractivity contribution in [2.45, 2.75) is 32.1 Å². The highest BCUT2D eigenvalue weighted by molar-refractivity contribution is 7.15. The van der Waals surface area contributed by atoms with Crippen LogP contribution in [-0.4, -0.2) is 50.1 Å². The van der Waals surface area contributed by atoms with Gasteiger partial charge in [0, 0.05) is 48.6 Å². The summed E-state index contributed by atoms with van der Waals surface area (Å²) < 4.78 is 3.80. The van der Waals surface area contributed by atoms with E-state index in [1.807, 2.05) is 33.7 Å². The van der Waals surface area contributed by atoms with Gasteiger partial charge >= 0.3 is 0 Å². The molecule has 4 aromatic heterocycles. The second-order valence-corrected chi connectivity index (χ2v) is 9.66. The maximum absolute atomic E-state index is 13.2. The molecule has 0 aromatic carbocycles. The van der Waals surface area contributed by atoms with Crippen LogP contribution in [0.3, 0.4) is 0 Å². The summed E-state index contributed by atoms with van der Waals surface area (Å²) >= 11 is 1.69. The Kier molecular flexibility index (Phi) is 5.97. The molecule has 4 heterocycles. The number of nitrogens with one attached hydrogen (secondary N) is 1. The van der Waals surface area contributed by atoms with Crippen molar-refractivity contribution >= 4 is 29.1 Å². The summed E-state index contributed by atoms with van der Waals surface area (Å²) in [5.74, 6) is 0.201. The molecule has 9 nitrogen and oxygen atoms in total. The van der Waals surface area contributed by atoms with Crippen molar-refractivity contribution in [1.29, 1.82) is 0 Å². The number of nitrogens with zero attached hydrogens (tertiary/aromatic N) is 6. The number of fused-ring (bicyclic) bond motifs is 1. The van der Waals surface area contributed by atoms with E-state index >= 15 is 0 Å². The first-order valence-corrected chi connectivity index (χ1v) is 12.0. The summed E-state index contributed by atoms with van der Waals surface area (Å²) in [4.78, 5) is 24.2. The minimum atomic E-state index is -0.223. The maximum Gasteiger partial charge on any atom is 0.253 e. The quantitative estimate of drug-likeness (QED) is 0.398. The minimum absolute atomic E-state index is 0.223. The molecule has 5 rings (SSSR count). The molecule has 1 fully saturated rings. The molecule has 3 N–H and O–H groups in total. The first kappa shape index (κ1) is 22.0. The van der Waals surface area contributed by atoms with E-state index in [9.17, 15) is 4.79 Å². The lowest BCUT2D eigenvalue weighted by Gasteiger charge is -2.25. The van der Waals surface area contributed by atoms with E-state index in [1.165, 1.54) is 17.5 Å². The van der Waals surface area contributed by atoms with Crippen molar-refractivity contribution in [3.63, 3.8) is 0 Å². The molecule has 0 atom stereocenters. The van der Waals surface area contributed by atoms with E-state index in [4.69, 9.17) is 10.7 Å². The van der Waals surface area contributed by atoms with E-state index in [0.29, 0.717) is 11.5 Å². The Morgan fingerprint density at radius 2 is 2.21 bits per heavy atom. The van der Waals surface area contributed by atoms with Crippen LogP contribution in [0.2, 0.25) is 0 Å². The number of carbonyl (C=O) groups is 1. The van der Waals surface area contributed by atoms with Crippen molar-refractivity contribution in [2.24, 2.45) is 10.7 Å². The van der Waals surface area contributed by atoms with Gasteiger partial charge in [0.2, 0.25) is 0 Å². The Bertz CT molecular complexity index is 1410. The molecule has 4 aromatic rings. The summed E-state index contributed by atoms with van der Waals surface area (Å²) in [6, 6.07) is 5.99. The van der Waals surface area contributed by atoms with Gasteiger partial charge in [-0.1, -0.05) is 11.6 Å². The van der Waals surface area contributed by atoms with E-state index < -0.39 is 0 Å². The maximum atomic E-state index is 13.2. The smallest absolute Gasteiger partial charge is 0.253 e. The first-order chi connectivity index (χ1) is 16.6. The van der Waals surface area contributed by atoms with Crippen molar-refractivity contribution in [2.75, 3.05) is 13.6 Å². The molecule has 0 unspecified atom stereocenters. The number of amides is 1. The normalized spacial score (nSPS) is 14.7. The van der Waals surface area contributed by atoms with Gasteiger partial charge in [0.25, 0.3) is 5.91 Å². The molecule has 10 heteroatoms. The summed E-state index contributed by atoms with van der Waals surface area (Å²) in [6.07, 6.45) is 12.0. The van der Waals surface area contributed by atoms with E-state index in [1.54, 1.807) is 24.6 Å². The van der Waals surface area contributed by atoms with E-state index in [0.717, 1.165) is 46.0 Å². The van der Waals surface area contributed by atoms with Gasteiger partial charge in [-0.3, -0.25) is 14.2 Å². The van der Waals surface area contributed by atoms with Crippen LogP contribution in [0.15, 0.2) is 53.6 Å². The number of aliphatic imine (C=N–C) groups is 1. The third kappa shape index (κ3) is 4.01. The molecule has 0 bridgehead atoms. The Morgan fingerprint density at radius 1 is 1.35 bits per heavy atom. The molecule has 174 valence electrons. The standard InChI is InChI=1S/C24H26N8OS/c1-15-6-7-22(34-15)21-12-27-23-19(32-20(13-29-30-32)17-4-3-5-17)8-18(14-31(21)23)24(33)28-11-16(9-25)10-26-2/h6-10,12-14,17H,3-5,11,25H2,1-2H3,(H,28,33). The fraction of sp³-hybridized carbons (Fsp3) is 0.292. The molecular weight excluding hydrogens is 448 g/mol. The van der Waals surface area contributed by atoms with Crippen LogP contribution >= 0.6 is 11.3 Å². The van der Waals surface area contributed by atoms with E-state index in [2.05, 4.69) is 39.7 Å². The Morgan fingerprint density at radius 3 is 2.88 bits per heavy atom. The monoisotopic (exact) mass is 474 g/mol. The zero-order chi connectivity index (χ0) is 23.7. The number of carbonyl (C=O) groups excluding carboxylic acids is 1. The average Bonchev–Trinajstić information content (AvgIpc) is 3.54. The highest BCUT2D eigenvalue weighted by Gasteiger charge is 2.26. The minimum Gasteiger partial charge on any atom is -0.404 e. The molecule has 0 saturated heterocycles. The van der Waals surface area contributed by atoms with Crippen molar-refractivity contribution in [1.82, 2.24) is 29.7 Å². The van der Waals surface area contributed by atoms with Gasteiger partial charge in [0.05, 0.1) is 34.2 Å². The summed E-state index contributed by atoms with van der Waals surface area (Å²) in [5.41, 5.74) is 10.3. The number of aromatic nitrogens is 5. The molecule has 0 aliphatic heterocycles. The first-order valence-electron chi connectivity index (χ1n) is 11.2. The molecule has 0 radical (unpaired) electrons. The van der Waals surface area contributed by atoms with Gasteiger partial charge in [-0.2, -0.15) is 0 Å². The van der Waals surface area contributed by atoms with Crippen LogP contribution in [0.4, 0.5) is 0 Å². The Balaban J connectivity index is 1.61. The number of thiophene rings is 1. The van der Waals surface area contributed by atoms with Crippen LogP contribution in [0.25, 0.3) is 21.9 Å².